The number of carbonyl (C=O) groups is 4. The van der Waals surface area contributed by atoms with Gasteiger partial charge in [0.2, 0.25) is 0 Å². The van der Waals surface area contributed by atoms with E-state index in [1.54, 1.807) is 80.5 Å². The Balaban J connectivity index is 1.53. The van der Waals surface area contributed by atoms with Crippen LogP contribution in [0.4, 0.5) is 25.0 Å². The Hall–Kier alpha value is -5.51. The third-order valence-corrected chi connectivity index (χ3v) is 10.8. The van der Waals surface area contributed by atoms with Gasteiger partial charge in [0.1, 0.15) is 29.0 Å². The summed E-state index contributed by atoms with van der Waals surface area (Å²) in [6, 6.07) is 23.8. The van der Waals surface area contributed by atoms with Crippen LogP contribution in [-0.2, 0) is 41.4 Å². The molecular weight excluding hydrogens is 843 g/mol. The Bertz CT molecular complexity index is 2280. The molecule has 4 amide bonds. The first-order valence-electron chi connectivity index (χ1n) is 23.1. The molecule has 0 saturated carbocycles. The number of aromatic nitrogens is 2. The van der Waals surface area contributed by atoms with Gasteiger partial charge in [-0.25, -0.2) is 19.2 Å². The number of amides is 4. The molecule has 66 heavy (non-hydrogen) atoms. The summed E-state index contributed by atoms with van der Waals surface area (Å²) in [7, 11) is 0. The van der Waals surface area contributed by atoms with Crippen LogP contribution < -0.4 is 4.90 Å². The van der Waals surface area contributed by atoms with Crippen LogP contribution in [0.1, 0.15) is 125 Å². The van der Waals surface area contributed by atoms with Crippen LogP contribution in [-0.4, -0.2) is 104 Å². The van der Waals surface area contributed by atoms with Crippen molar-refractivity contribution < 1.29 is 47.6 Å². The van der Waals surface area contributed by atoms with Gasteiger partial charge in [0.05, 0.1) is 17.6 Å². The second-order valence-electron chi connectivity index (χ2n) is 20.5. The lowest BCUT2D eigenvalue weighted by atomic mass is 9.90. The van der Waals surface area contributed by atoms with Gasteiger partial charge in [0.25, 0.3) is 0 Å². The number of unbranched alkanes of at least 4 members (excludes halogenated alkanes) is 1. The summed E-state index contributed by atoms with van der Waals surface area (Å²) in [5.41, 5.74) is -0.167. The number of anilines is 1. The zero-order chi connectivity index (χ0) is 48.2. The minimum atomic E-state index is -1.06. The molecule has 15 heteroatoms. The van der Waals surface area contributed by atoms with Gasteiger partial charge in [0.15, 0.2) is 11.6 Å². The molecule has 3 aromatic carbocycles. The highest BCUT2D eigenvalue weighted by Gasteiger charge is 2.56. The van der Waals surface area contributed by atoms with Crippen LogP contribution in [0.25, 0.3) is 10.9 Å². The van der Waals surface area contributed by atoms with E-state index in [1.165, 1.54) is 0 Å². The number of carbonyl (C=O) groups excluding carboxylic acids is 4. The maximum absolute atomic E-state index is 15.7. The normalized spacial score (nSPS) is 19.9. The summed E-state index contributed by atoms with van der Waals surface area (Å²) in [5, 5.41) is 4.81. The molecule has 0 spiro atoms. The van der Waals surface area contributed by atoms with E-state index in [1.807, 2.05) is 84.3 Å². The second-order valence-corrected chi connectivity index (χ2v) is 20.5. The quantitative estimate of drug-likeness (QED) is 0.0931. The molecule has 0 bridgehead atoms. The second kappa shape index (κ2) is 20.2. The number of urea groups is 1. The molecule has 2 fully saturated rings. The average Bonchev–Trinajstić information content (AvgIpc) is 3.72. The molecule has 4 atom stereocenters. The van der Waals surface area contributed by atoms with Crippen LogP contribution in [0.2, 0.25) is 0 Å². The first kappa shape index (κ1) is 49.9. The van der Waals surface area contributed by atoms with Gasteiger partial charge in [-0.2, -0.15) is 9.58 Å². The van der Waals surface area contributed by atoms with Gasteiger partial charge in [0, 0.05) is 31.7 Å². The molecule has 6 rings (SSSR count). The smallest absolute Gasteiger partial charge is 0.435 e. The minimum absolute atomic E-state index is 0.0558. The van der Waals surface area contributed by atoms with Crippen LogP contribution >= 0.6 is 0 Å². The van der Waals surface area contributed by atoms with E-state index in [-0.39, 0.29) is 29.3 Å². The molecule has 15 nitrogen and oxygen atoms in total. The Kier molecular flexibility index (Phi) is 15.2. The maximum Gasteiger partial charge on any atom is 0.435 e. The number of hydrogen-bond acceptors (Lipinski definition) is 11. The molecule has 358 valence electrons. The van der Waals surface area contributed by atoms with Crippen molar-refractivity contribution in [3.63, 3.8) is 0 Å². The predicted molar refractivity (Wildman–Crippen MR) is 251 cm³/mol. The zero-order valence-electron chi connectivity index (χ0n) is 40.8. The largest absolute Gasteiger partial charge is 0.443 e. The number of rotatable bonds is 13. The fourth-order valence-corrected chi connectivity index (χ4v) is 8.26. The van der Waals surface area contributed by atoms with Crippen LogP contribution in [0.3, 0.4) is 0 Å². The van der Waals surface area contributed by atoms with E-state index in [0.29, 0.717) is 43.1 Å². The molecule has 0 N–H and O–H groups in total. The Morgan fingerprint density at radius 1 is 0.727 bits per heavy atom. The summed E-state index contributed by atoms with van der Waals surface area (Å²) in [4.78, 5) is 62.1. The lowest BCUT2D eigenvalue weighted by molar-refractivity contribution is -0.157. The highest BCUT2D eigenvalue weighted by molar-refractivity contribution is 6.14. The standard InChI is InChI=1S/C51H69N5O10/c1-13-14-29-61-30-21-28-53-40(36-24-19-16-20-25-36)42-41(62-51(11,12)63-42)39(32-34-22-17-15-18-23-34)54(44(53)57)33-35-26-27-38-37(31-35)43(52-56(38)47(60)66-50(8,9)10)55(45(58)64-48(2,3)4)46(59)65-49(5,6)7/h15-20,22-27,31,39-42H,13-14,21,28-30,32-33H2,1-12H3/t39-,40?,41+,42+/m1/s1. The van der Waals surface area contributed by atoms with Gasteiger partial charge in [-0.15, -0.1) is 5.10 Å². The van der Waals surface area contributed by atoms with Gasteiger partial charge < -0.3 is 38.2 Å². The molecule has 0 radical (unpaired) electrons. The zero-order valence-corrected chi connectivity index (χ0v) is 40.8. The van der Waals surface area contributed by atoms with Crippen molar-refractivity contribution in [1.82, 2.24) is 19.6 Å². The van der Waals surface area contributed by atoms with Gasteiger partial charge >= 0.3 is 24.3 Å². The van der Waals surface area contributed by atoms with E-state index in [4.69, 9.17) is 28.4 Å². The predicted octanol–water partition coefficient (Wildman–Crippen LogP) is 10.8. The number of hydrogen-bond donors (Lipinski definition) is 0. The first-order valence-corrected chi connectivity index (χ1v) is 23.1. The van der Waals surface area contributed by atoms with E-state index >= 15 is 4.79 Å². The Morgan fingerprint density at radius 2 is 1.30 bits per heavy atom. The van der Waals surface area contributed by atoms with E-state index < -0.39 is 65.2 Å². The lowest BCUT2D eigenvalue weighted by Crippen LogP contribution is -2.50. The fraction of sp³-hybridized carbons (Fsp3) is 0.549. The summed E-state index contributed by atoms with van der Waals surface area (Å²) in [5.74, 6) is -1.19. The number of fused-ring (bicyclic) bond motifs is 2. The first-order chi connectivity index (χ1) is 30.9. The van der Waals surface area contributed by atoms with Crippen molar-refractivity contribution in [2.75, 3.05) is 24.7 Å². The van der Waals surface area contributed by atoms with Gasteiger partial charge in [-0.1, -0.05) is 80.1 Å². The Morgan fingerprint density at radius 3 is 1.89 bits per heavy atom. The van der Waals surface area contributed by atoms with Crippen molar-refractivity contribution in [3.05, 3.63) is 95.6 Å². The highest BCUT2D eigenvalue weighted by Crippen LogP contribution is 2.45. The third-order valence-electron chi connectivity index (χ3n) is 10.8. The van der Waals surface area contributed by atoms with Gasteiger partial charge in [-0.05, 0) is 124 Å². The summed E-state index contributed by atoms with van der Waals surface area (Å²) in [6.07, 6.45) is -1.09. The molecule has 2 aliphatic rings. The minimum Gasteiger partial charge on any atom is -0.443 e. The summed E-state index contributed by atoms with van der Waals surface area (Å²) >= 11 is 0. The number of benzene rings is 3. The molecule has 1 unspecified atom stereocenters. The fourth-order valence-electron chi connectivity index (χ4n) is 8.26. The number of imide groups is 1. The summed E-state index contributed by atoms with van der Waals surface area (Å²) in [6.45, 7) is 22.7. The van der Waals surface area contributed by atoms with Crippen molar-refractivity contribution in [2.45, 2.75) is 162 Å². The molecular formula is C51H69N5O10. The van der Waals surface area contributed by atoms with Gasteiger partial charge in [-0.3, -0.25) is 0 Å². The molecule has 4 aromatic rings. The monoisotopic (exact) mass is 912 g/mol. The lowest BCUT2D eigenvalue weighted by Gasteiger charge is -2.37. The van der Waals surface area contributed by atoms with Crippen molar-refractivity contribution in [2.24, 2.45) is 0 Å². The maximum atomic E-state index is 15.7. The summed E-state index contributed by atoms with van der Waals surface area (Å²) < 4.78 is 38.0. The highest BCUT2D eigenvalue weighted by atomic mass is 16.8. The molecule has 3 heterocycles. The van der Waals surface area contributed by atoms with Crippen LogP contribution in [0.15, 0.2) is 78.9 Å². The van der Waals surface area contributed by atoms with Crippen molar-refractivity contribution >= 4 is 41.0 Å². The average molecular weight is 912 g/mol. The topological polar surface area (TPSA) is 151 Å². The molecule has 2 aliphatic heterocycles. The van der Waals surface area contributed by atoms with E-state index in [0.717, 1.165) is 28.7 Å². The van der Waals surface area contributed by atoms with E-state index in [9.17, 15) is 14.4 Å². The van der Waals surface area contributed by atoms with Crippen molar-refractivity contribution in [1.29, 1.82) is 0 Å². The van der Waals surface area contributed by atoms with Crippen molar-refractivity contribution in [3.8, 4) is 0 Å². The third kappa shape index (κ3) is 12.5. The van der Waals surface area contributed by atoms with Crippen LogP contribution in [0.5, 0.6) is 0 Å². The van der Waals surface area contributed by atoms with Crippen LogP contribution in [0, 0.1) is 0 Å². The molecule has 0 aliphatic carbocycles. The van der Waals surface area contributed by atoms with E-state index in [2.05, 4.69) is 12.0 Å². The molecule has 1 aromatic heterocycles. The Labute approximate surface area is 389 Å². The number of nitrogens with zero attached hydrogens (tertiary/aromatic N) is 5. The molecule has 2 saturated heterocycles. The number of ether oxygens (including phenoxy) is 6. The SMILES string of the molecule is CCCCOCCCN1C(=O)N(Cc2ccc3c(c2)c(N(C(=O)OC(C)(C)C)C(=O)OC(C)(C)C)nn3C(=O)OC(C)(C)C)[C@H](Cc2ccccc2)[C@@H]2OC(C)(C)O[C@H]2C1c1ccccc1.